The van der Waals surface area contributed by atoms with Gasteiger partial charge in [-0.2, -0.15) is 0 Å². The molecule has 0 aromatic heterocycles. The zero-order valence-electron chi connectivity index (χ0n) is 7.97. The minimum absolute atomic E-state index is 0.183. The van der Waals surface area contributed by atoms with E-state index < -0.39 is 0 Å². The lowest BCUT2D eigenvalue weighted by atomic mass is 10.0. The van der Waals surface area contributed by atoms with Gasteiger partial charge in [-0.15, -0.1) is 0 Å². The fourth-order valence-corrected chi connectivity index (χ4v) is 1.62. The highest BCUT2D eigenvalue weighted by atomic mass is 35.5. The van der Waals surface area contributed by atoms with Crippen molar-refractivity contribution in [3.05, 3.63) is 28.3 Å². The lowest BCUT2D eigenvalue weighted by Gasteiger charge is -2.07. The van der Waals surface area contributed by atoms with E-state index in [-0.39, 0.29) is 5.75 Å². The Morgan fingerprint density at radius 2 is 2.15 bits per heavy atom. The third-order valence-electron chi connectivity index (χ3n) is 1.90. The number of aromatic hydroxyl groups is 1. The van der Waals surface area contributed by atoms with E-state index in [1.54, 1.807) is 6.07 Å². The minimum Gasteiger partial charge on any atom is -0.506 e. The van der Waals surface area contributed by atoms with E-state index >= 15 is 0 Å². The summed E-state index contributed by atoms with van der Waals surface area (Å²) in [6, 6.07) is 4.11. The molecule has 0 aliphatic carbocycles. The molecular formula is C10H15ClNO+. The van der Waals surface area contributed by atoms with Crippen LogP contribution in [0, 0.1) is 6.92 Å². The molecule has 0 fully saturated rings. The van der Waals surface area contributed by atoms with Crippen molar-refractivity contribution >= 4 is 11.6 Å². The van der Waals surface area contributed by atoms with Crippen molar-refractivity contribution < 1.29 is 10.8 Å². The molecule has 1 unspecified atom stereocenters. The van der Waals surface area contributed by atoms with E-state index in [2.05, 4.69) is 12.7 Å². The van der Waals surface area contributed by atoms with E-state index in [0.29, 0.717) is 11.1 Å². The van der Waals surface area contributed by atoms with Crippen molar-refractivity contribution in [3.8, 4) is 5.75 Å². The monoisotopic (exact) mass is 200 g/mol. The van der Waals surface area contributed by atoms with Gasteiger partial charge in [0, 0.05) is 6.42 Å². The normalized spacial score (nSPS) is 12.9. The zero-order chi connectivity index (χ0) is 10.0. The summed E-state index contributed by atoms with van der Waals surface area (Å²) in [5, 5.41) is 9.84. The molecule has 1 atom stereocenters. The quantitative estimate of drug-likeness (QED) is 0.748. The van der Waals surface area contributed by atoms with Crippen molar-refractivity contribution in [3.63, 3.8) is 0 Å². The molecule has 0 bridgehead atoms. The highest BCUT2D eigenvalue weighted by molar-refractivity contribution is 6.32. The summed E-state index contributed by atoms with van der Waals surface area (Å²) in [6.45, 7) is 3.90. The lowest BCUT2D eigenvalue weighted by Crippen LogP contribution is -2.60. The number of hydrogen-bond donors (Lipinski definition) is 2. The summed E-state index contributed by atoms with van der Waals surface area (Å²) in [5.41, 5.74) is 5.86. The lowest BCUT2D eigenvalue weighted by molar-refractivity contribution is -0.413. The highest BCUT2D eigenvalue weighted by Crippen LogP contribution is 2.28. The molecule has 0 spiro atoms. The fraction of sp³-hybridized carbons (Fsp3) is 0.400. The van der Waals surface area contributed by atoms with Crippen LogP contribution >= 0.6 is 11.6 Å². The SMILES string of the molecule is Cc1cc(CC(C)[NH3+])cc(Cl)c1O. The Labute approximate surface area is 83.3 Å². The second kappa shape index (κ2) is 3.99. The van der Waals surface area contributed by atoms with Crippen LogP contribution in [0.25, 0.3) is 0 Å². The van der Waals surface area contributed by atoms with Gasteiger partial charge < -0.3 is 10.8 Å². The maximum atomic E-state index is 9.42. The number of halogens is 1. The molecule has 1 aromatic carbocycles. The summed E-state index contributed by atoms with van der Waals surface area (Å²) in [4.78, 5) is 0. The van der Waals surface area contributed by atoms with Gasteiger partial charge in [0.1, 0.15) is 5.75 Å². The summed E-state index contributed by atoms with van der Waals surface area (Å²) in [6.07, 6.45) is 0.890. The van der Waals surface area contributed by atoms with Crippen molar-refractivity contribution in [2.45, 2.75) is 26.3 Å². The van der Waals surface area contributed by atoms with Crippen LogP contribution in [0.2, 0.25) is 5.02 Å². The number of quaternary nitrogens is 1. The summed E-state index contributed by atoms with van der Waals surface area (Å²) < 4.78 is 0. The van der Waals surface area contributed by atoms with Crippen molar-refractivity contribution in [2.24, 2.45) is 0 Å². The van der Waals surface area contributed by atoms with Crippen LogP contribution in [0.1, 0.15) is 18.1 Å². The van der Waals surface area contributed by atoms with Gasteiger partial charge in [-0.1, -0.05) is 17.7 Å². The predicted molar refractivity (Wildman–Crippen MR) is 53.9 cm³/mol. The van der Waals surface area contributed by atoms with Crippen LogP contribution in [-0.4, -0.2) is 11.1 Å². The molecule has 0 aliphatic heterocycles. The number of hydrogen-bond acceptors (Lipinski definition) is 1. The Morgan fingerprint density at radius 1 is 1.54 bits per heavy atom. The van der Waals surface area contributed by atoms with Crippen molar-refractivity contribution in [2.75, 3.05) is 0 Å². The number of phenolic OH excluding ortho intramolecular Hbond substituents is 1. The molecule has 13 heavy (non-hydrogen) atoms. The highest BCUT2D eigenvalue weighted by Gasteiger charge is 2.07. The standard InChI is InChI=1S/C10H14ClNO/c1-6-3-8(4-7(2)12)5-9(11)10(6)13/h3,5,7,13H,4,12H2,1-2H3/p+1. The number of phenols is 1. The topological polar surface area (TPSA) is 47.9 Å². The zero-order valence-corrected chi connectivity index (χ0v) is 8.73. The first-order chi connectivity index (χ1) is 6.00. The molecule has 0 heterocycles. The van der Waals surface area contributed by atoms with Gasteiger partial charge in [0.05, 0.1) is 11.1 Å². The molecule has 0 amide bonds. The Hall–Kier alpha value is -0.730. The average Bonchev–Trinajstić information content (AvgIpc) is 1.98. The summed E-state index contributed by atoms with van der Waals surface area (Å²) in [5.74, 6) is 0.183. The van der Waals surface area contributed by atoms with Gasteiger partial charge in [-0.3, -0.25) is 0 Å². The summed E-state index contributed by atoms with van der Waals surface area (Å²) in [7, 11) is 0. The number of aryl methyl sites for hydroxylation is 1. The van der Waals surface area contributed by atoms with Gasteiger partial charge in [0.15, 0.2) is 0 Å². The summed E-state index contributed by atoms with van der Waals surface area (Å²) >= 11 is 5.83. The molecule has 2 nitrogen and oxygen atoms in total. The van der Waals surface area contributed by atoms with E-state index in [4.69, 9.17) is 11.6 Å². The Morgan fingerprint density at radius 3 is 2.62 bits per heavy atom. The number of rotatable bonds is 2. The molecule has 0 aliphatic rings. The van der Waals surface area contributed by atoms with Gasteiger partial charge in [0.2, 0.25) is 0 Å². The first kappa shape index (κ1) is 10.4. The molecule has 3 heteroatoms. The van der Waals surface area contributed by atoms with E-state index in [1.807, 2.05) is 13.0 Å². The Bertz CT molecular complexity index is 287. The van der Waals surface area contributed by atoms with Gasteiger partial charge >= 0.3 is 0 Å². The van der Waals surface area contributed by atoms with Crippen LogP contribution in [0.5, 0.6) is 5.75 Å². The first-order valence-electron chi connectivity index (χ1n) is 4.31. The van der Waals surface area contributed by atoms with Crippen LogP contribution in [0.4, 0.5) is 0 Å². The molecule has 72 valence electrons. The second-order valence-corrected chi connectivity index (χ2v) is 3.96. The van der Waals surface area contributed by atoms with Gasteiger partial charge in [0.25, 0.3) is 0 Å². The van der Waals surface area contributed by atoms with E-state index in [0.717, 1.165) is 17.5 Å². The third-order valence-corrected chi connectivity index (χ3v) is 2.19. The Balaban J connectivity index is 2.99. The smallest absolute Gasteiger partial charge is 0.137 e. The van der Waals surface area contributed by atoms with Gasteiger partial charge in [-0.05, 0) is 31.0 Å². The maximum Gasteiger partial charge on any atom is 0.137 e. The molecular weight excluding hydrogens is 186 g/mol. The average molecular weight is 201 g/mol. The van der Waals surface area contributed by atoms with E-state index in [9.17, 15) is 5.11 Å². The second-order valence-electron chi connectivity index (χ2n) is 3.55. The van der Waals surface area contributed by atoms with Crippen LogP contribution in [-0.2, 0) is 6.42 Å². The maximum absolute atomic E-state index is 9.42. The third kappa shape index (κ3) is 2.61. The van der Waals surface area contributed by atoms with Crippen LogP contribution < -0.4 is 5.73 Å². The van der Waals surface area contributed by atoms with Gasteiger partial charge in [-0.25, -0.2) is 0 Å². The largest absolute Gasteiger partial charge is 0.506 e. The first-order valence-corrected chi connectivity index (χ1v) is 4.69. The molecule has 0 radical (unpaired) electrons. The fourth-order valence-electron chi connectivity index (χ4n) is 1.33. The Kier molecular flexibility index (Phi) is 3.17. The van der Waals surface area contributed by atoms with Crippen molar-refractivity contribution in [1.29, 1.82) is 0 Å². The van der Waals surface area contributed by atoms with Crippen LogP contribution in [0.15, 0.2) is 12.1 Å². The molecule has 4 N–H and O–H groups in total. The minimum atomic E-state index is 0.183. The molecule has 1 aromatic rings. The van der Waals surface area contributed by atoms with E-state index in [1.165, 1.54) is 0 Å². The molecule has 1 rings (SSSR count). The number of benzene rings is 1. The molecule has 0 saturated heterocycles. The predicted octanol–water partition coefficient (Wildman–Crippen LogP) is 1.53. The van der Waals surface area contributed by atoms with Crippen LogP contribution in [0.3, 0.4) is 0 Å². The molecule has 0 saturated carbocycles. The van der Waals surface area contributed by atoms with Crippen molar-refractivity contribution in [1.82, 2.24) is 0 Å².